The van der Waals surface area contributed by atoms with Gasteiger partial charge in [-0.25, -0.2) is 0 Å². The van der Waals surface area contributed by atoms with Gasteiger partial charge >= 0.3 is 0 Å². The van der Waals surface area contributed by atoms with Gasteiger partial charge in [-0.2, -0.15) is 0 Å². The molecule has 8 nitrogen and oxygen atoms in total. The molecule has 3 aliphatic rings. The highest BCUT2D eigenvalue weighted by Gasteiger charge is 2.41. The molecule has 8 heteroatoms. The lowest BCUT2D eigenvalue weighted by Gasteiger charge is -2.44. The second kappa shape index (κ2) is 7.45. The zero-order valence-electron chi connectivity index (χ0n) is 17.0. The van der Waals surface area contributed by atoms with Crippen LogP contribution in [0.1, 0.15) is 24.0 Å². The number of hydrogen-bond acceptors (Lipinski definition) is 8. The van der Waals surface area contributed by atoms with Gasteiger partial charge in [-0.1, -0.05) is 6.92 Å². The highest BCUT2D eigenvalue weighted by molar-refractivity contribution is 5.59. The normalized spacial score (nSPS) is 25.5. The molecule has 0 saturated carbocycles. The van der Waals surface area contributed by atoms with Crippen LogP contribution in [0.25, 0.3) is 0 Å². The van der Waals surface area contributed by atoms with E-state index < -0.39 is 0 Å². The van der Waals surface area contributed by atoms with Crippen LogP contribution in [0.5, 0.6) is 34.5 Å². The number of methoxy groups -OCH3 is 1. The van der Waals surface area contributed by atoms with Crippen molar-refractivity contribution < 1.29 is 33.9 Å². The predicted molar refractivity (Wildman–Crippen MR) is 107 cm³/mol. The average Bonchev–Trinajstić information content (AvgIpc) is 3.22. The van der Waals surface area contributed by atoms with E-state index in [1.54, 1.807) is 12.1 Å². The minimum atomic E-state index is -0.267. The summed E-state index contributed by atoms with van der Waals surface area (Å²) in [7, 11) is 1.47. The van der Waals surface area contributed by atoms with Gasteiger partial charge < -0.3 is 33.9 Å². The fourth-order valence-corrected chi connectivity index (χ4v) is 4.64. The van der Waals surface area contributed by atoms with Gasteiger partial charge in [-0.3, -0.25) is 4.90 Å². The second-order valence-corrected chi connectivity index (χ2v) is 7.83. The number of fused-ring (bicyclic) bond motifs is 2. The molecule has 1 saturated heterocycles. The van der Waals surface area contributed by atoms with Crippen molar-refractivity contribution in [3.05, 3.63) is 35.4 Å². The molecule has 0 aromatic heterocycles. The number of ether oxygens (including phenoxy) is 5. The van der Waals surface area contributed by atoms with Crippen molar-refractivity contribution in [1.29, 1.82) is 0 Å². The number of rotatable bonds is 3. The van der Waals surface area contributed by atoms with E-state index in [2.05, 4.69) is 11.8 Å². The Morgan fingerprint density at radius 2 is 1.73 bits per heavy atom. The largest absolute Gasteiger partial charge is 0.504 e. The molecule has 0 spiro atoms. The lowest BCUT2D eigenvalue weighted by molar-refractivity contribution is -0.0784. The van der Waals surface area contributed by atoms with Crippen LogP contribution >= 0.6 is 0 Å². The molecule has 1 fully saturated rings. The molecule has 0 amide bonds. The third-order valence-corrected chi connectivity index (χ3v) is 6.13. The minimum absolute atomic E-state index is 0.0459. The fraction of sp³-hybridized carbons (Fsp3) is 0.455. The van der Waals surface area contributed by atoms with Crippen LogP contribution in [-0.4, -0.2) is 61.5 Å². The molecule has 3 atom stereocenters. The van der Waals surface area contributed by atoms with E-state index in [9.17, 15) is 10.2 Å². The Morgan fingerprint density at radius 3 is 2.47 bits per heavy atom. The zero-order valence-corrected chi connectivity index (χ0v) is 17.0. The van der Waals surface area contributed by atoms with E-state index in [0.717, 1.165) is 30.0 Å². The van der Waals surface area contributed by atoms with Crippen LogP contribution in [0, 0.1) is 5.92 Å². The standard InChI is InChI=1S/C22H25NO7/c1-12-20(13-7-15(24)21(25)19(8-13)26-2)14-9-17-18(29-11-28-17)10-16(14)30-22(12)23-3-5-27-6-4-23/h7-10,12,20,22,24-25H,3-6,11H2,1-2H3. The topological polar surface area (TPSA) is 89.9 Å². The number of phenols is 2. The summed E-state index contributed by atoms with van der Waals surface area (Å²) in [6.07, 6.45) is -0.172. The van der Waals surface area contributed by atoms with Gasteiger partial charge in [0.2, 0.25) is 12.5 Å². The Kier molecular flexibility index (Phi) is 4.75. The van der Waals surface area contributed by atoms with Crippen molar-refractivity contribution in [1.82, 2.24) is 4.90 Å². The molecular weight excluding hydrogens is 390 g/mol. The maximum absolute atomic E-state index is 10.3. The highest BCUT2D eigenvalue weighted by Crippen LogP contribution is 2.51. The van der Waals surface area contributed by atoms with Crippen LogP contribution in [0.3, 0.4) is 0 Å². The summed E-state index contributed by atoms with van der Waals surface area (Å²) in [5, 5.41) is 20.4. The maximum atomic E-state index is 10.3. The first-order chi connectivity index (χ1) is 14.6. The summed E-state index contributed by atoms with van der Waals surface area (Å²) in [6.45, 7) is 5.21. The minimum Gasteiger partial charge on any atom is -0.504 e. The van der Waals surface area contributed by atoms with E-state index in [0.29, 0.717) is 24.7 Å². The molecule has 2 aromatic carbocycles. The van der Waals surface area contributed by atoms with Crippen LogP contribution in [0.4, 0.5) is 0 Å². The summed E-state index contributed by atoms with van der Waals surface area (Å²) < 4.78 is 28.4. The molecular formula is C22H25NO7. The number of morpholine rings is 1. The van der Waals surface area contributed by atoms with Crippen molar-refractivity contribution >= 4 is 0 Å². The molecule has 5 rings (SSSR count). The Balaban J connectivity index is 1.63. The summed E-state index contributed by atoms with van der Waals surface area (Å²) in [5.41, 5.74) is 1.78. The summed E-state index contributed by atoms with van der Waals surface area (Å²) in [6, 6.07) is 7.19. The molecule has 3 aliphatic heterocycles. The Bertz CT molecular complexity index is 957. The molecule has 0 radical (unpaired) electrons. The SMILES string of the molecule is COc1cc(C2c3cc4c(cc3OC(N3CCOCC3)C2C)OCO4)cc(O)c1O. The predicted octanol–water partition coefficient (Wildman–Crippen LogP) is 2.65. The van der Waals surface area contributed by atoms with Gasteiger partial charge in [0.05, 0.1) is 20.3 Å². The molecule has 2 aromatic rings. The van der Waals surface area contributed by atoms with E-state index in [4.69, 9.17) is 23.7 Å². The molecule has 3 unspecified atom stereocenters. The molecule has 2 N–H and O–H groups in total. The van der Waals surface area contributed by atoms with Crippen LogP contribution in [-0.2, 0) is 4.74 Å². The first kappa shape index (κ1) is 19.1. The summed E-state index contributed by atoms with van der Waals surface area (Å²) in [5.74, 6) is 1.74. The van der Waals surface area contributed by atoms with Crippen LogP contribution in [0.15, 0.2) is 24.3 Å². The highest BCUT2D eigenvalue weighted by atomic mass is 16.7. The fourth-order valence-electron chi connectivity index (χ4n) is 4.64. The lowest BCUT2D eigenvalue weighted by atomic mass is 9.78. The number of hydrogen-bond donors (Lipinski definition) is 2. The van der Waals surface area contributed by atoms with Gasteiger partial charge in [0.25, 0.3) is 0 Å². The second-order valence-electron chi connectivity index (χ2n) is 7.83. The van der Waals surface area contributed by atoms with E-state index in [-0.39, 0.29) is 42.1 Å². The quantitative estimate of drug-likeness (QED) is 0.740. The zero-order chi connectivity index (χ0) is 20.8. The van der Waals surface area contributed by atoms with Crippen molar-refractivity contribution in [2.45, 2.75) is 19.1 Å². The van der Waals surface area contributed by atoms with Crippen LogP contribution < -0.4 is 18.9 Å². The Morgan fingerprint density at radius 1 is 1.00 bits per heavy atom. The smallest absolute Gasteiger partial charge is 0.231 e. The molecule has 0 bridgehead atoms. The van der Waals surface area contributed by atoms with Crippen molar-refractivity contribution in [2.24, 2.45) is 5.92 Å². The first-order valence-corrected chi connectivity index (χ1v) is 10.1. The Hall–Kier alpha value is -2.84. The third kappa shape index (κ3) is 3.07. The third-order valence-electron chi connectivity index (χ3n) is 6.13. The maximum Gasteiger partial charge on any atom is 0.231 e. The number of phenolic OH excluding ortho intramolecular Hbond substituents is 2. The lowest BCUT2D eigenvalue weighted by Crippen LogP contribution is -2.52. The number of benzene rings is 2. The summed E-state index contributed by atoms with van der Waals surface area (Å²) >= 11 is 0. The first-order valence-electron chi connectivity index (χ1n) is 10.1. The number of aromatic hydroxyl groups is 2. The molecule has 160 valence electrons. The van der Waals surface area contributed by atoms with Gasteiger partial charge in [-0.05, 0) is 23.8 Å². The van der Waals surface area contributed by atoms with Gasteiger partial charge in [0, 0.05) is 36.6 Å². The average molecular weight is 415 g/mol. The summed E-state index contributed by atoms with van der Waals surface area (Å²) in [4.78, 5) is 2.28. The van der Waals surface area contributed by atoms with Crippen molar-refractivity contribution in [2.75, 3.05) is 40.2 Å². The molecule has 30 heavy (non-hydrogen) atoms. The monoisotopic (exact) mass is 415 g/mol. The van der Waals surface area contributed by atoms with E-state index >= 15 is 0 Å². The van der Waals surface area contributed by atoms with E-state index in [1.165, 1.54) is 7.11 Å². The molecule has 3 heterocycles. The van der Waals surface area contributed by atoms with Gasteiger partial charge in [-0.15, -0.1) is 0 Å². The van der Waals surface area contributed by atoms with Crippen molar-refractivity contribution in [3.8, 4) is 34.5 Å². The number of nitrogens with zero attached hydrogens (tertiary/aromatic N) is 1. The van der Waals surface area contributed by atoms with E-state index in [1.807, 2.05) is 12.1 Å². The Labute approximate surface area is 174 Å². The van der Waals surface area contributed by atoms with Crippen LogP contribution in [0.2, 0.25) is 0 Å². The van der Waals surface area contributed by atoms with Crippen molar-refractivity contribution in [3.63, 3.8) is 0 Å². The molecule has 0 aliphatic carbocycles. The van der Waals surface area contributed by atoms with Gasteiger partial charge in [0.1, 0.15) is 5.75 Å². The van der Waals surface area contributed by atoms with Gasteiger partial charge in [0.15, 0.2) is 29.2 Å².